The summed E-state index contributed by atoms with van der Waals surface area (Å²) < 4.78 is 0. The largest absolute Gasteiger partial charge is 0.355 e. The zero-order chi connectivity index (χ0) is 17.4. The molecule has 0 aromatic rings. The van der Waals surface area contributed by atoms with Crippen LogP contribution in [0.15, 0.2) is 4.99 Å². The fraction of sp³-hybridized carbons (Fsp3) is 0.944. The van der Waals surface area contributed by atoms with Crippen molar-refractivity contribution in [3.8, 4) is 0 Å². The van der Waals surface area contributed by atoms with Crippen LogP contribution in [0.4, 0.5) is 0 Å². The Morgan fingerprint density at radius 1 is 1.12 bits per heavy atom. The van der Waals surface area contributed by atoms with Gasteiger partial charge in [-0.15, -0.1) is 24.0 Å². The lowest BCUT2D eigenvalue weighted by molar-refractivity contribution is 0.116. The second-order valence-corrected chi connectivity index (χ2v) is 7.46. The van der Waals surface area contributed by atoms with E-state index in [0.717, 1.165) is 32.1 Å². The van der Waals surface area contributed by atoms with Crippen molar-refractivity contribution in [1.29, 1.82) is 0 Å². The van der Waals surface area contributed by atoms with Gasteiger partial charge in [0.1, 0.15) is 0 Å². The number of hydrogen-bond acceptors (Lipinski definition) is 4. The van der Waals surface area contributed by atoms with Crippen molar-refractivity contribution >= 4 is 29.9 Å². The molecule has 0 spiro atoms. The van der Waals surface area contributed by atoms with Gasteiger partial charge >= 0.3 is 0 Å². The molecule has 2 N–H and O–H groups in total. The number of hydrogen-bond donors (Lipinski definition) is 2. The molecule has 1 atom stereocenters. The highest BCUT2D eigenvalue weighted by atomic mass is 127. The molecule has 2 heterocycles. The summed E-state index contributed by atoms with van der Waals surface area (Å²) in [5.74, 6) is 0.962. The number of aliphatic imine (C=N–C) groups is 1. The molecular formula is C18H39IN6. The standard InChI is InChI=1S/C18H38N6.HI/c1-5-6-9-24-10-7-16(8-11-24)21-18(19-2)20-14-17-15-22(3)12-13-23(17)4;/h16-17H,5-15H2,1-4H3,(H2,19,20,21);1H. The molecule has 25 heavy (non-hydrogen) atoms. The zero-order valence-electron chi connectivity index (χ0n) is 16.6. The number of rotatable bonds is 6. The maximum Gasteiger partial charge on any atom is 0.191 e. The number of piperazine rings is 1. The maximum absolute atomic E-state index is 4.43. The molecule has 2 saturated heterocycles. The molecule has 6 nitrogen and oxygen atoms in total. The first-order valence-electron chi connectivity index (χ1n) is 9.70. The normalized spacial score (nSPS) is 24.8. The summed E-state index contributed by atoms with van der Waals surface area (Å²) >= 11 is 0. The van der Waals surface area contributed by atoms with E-state index in [-0.39, 0.29) is 24.0 Å². The Balaban J connectivity index is 0.00000312. The van der Waals surface area contributed by atoms with E-state index in [1.54, 1.807) is 0 Å². The molecule has 2 aliphatic rings. The summed E-state index contributed by atoms with van der Waals surface area (Å²) in [7, 11) is 6.31. The summed E-state index contributed by atoms with van der Waals surface area (Å²) in [6.45, 7) is 10.3. The van der Waals surface area contributed by atoms with Crippen LogP contribution in [0.5, 0.6) is 0 Å². The van der Waals surface area contributed by atoms with Gasteiger partial charge in [0.25, 0.3) is 0 Å². The van der Waals surface area contributed by atoms with E-state index < -0.39 is 0 Å². The Bertz CT molecular complexity index is 384. The van der Waals surface area contributed by atoms with Crippen LogP contribution in [0, 0.1) is 0 Å². The molecule has 0 aromatic carbocycles. The summed E-state index contributed by atoms with van der Waals surface area (Å²) in [4.78, 5) is 11.9. The molecule has 2 rings (SSSR count). The number of guanidine groups is 1. The van der Waals surface area contributed by atoms with Gasteiger partial charge in [-0.25, -0.2) is 0 Å². The lowest BCUT2D eigenvalue weighted by Crippen LogP contribution is -2.56. The quantitative estimate of drug-likeness (QED) is 0.351. The molecule has 7 heteroatoms. The first kappa shape index (κ1) is 22.9. The van der Waals surface area contributed by atoms with Crippen LogP contribution < -0.4 is 10.6 Å². The molecule has 148 valence electrons. The highest BCUT2D eigenvalue weighted by Crippen LogP contribution is 2.11. The third kappa shape index (κ3) is 7.97. The Kier molecular flexibility index (Phi) is 11.3. The Morgan fingerprint density at radius 3 is 2.48 bits per heavy atom. The predicted octanol–water partition coefficient (Wildman–Crippen LogP) is 1.28. The number of likely N-dealkylation sites (N-methyl/N-ethyl adjacent to an activating group) is 2. The van der Waals surface area contributed by atoms with Crippen molar-refractivity contribution in [2.75, 3.05) is 67.0 Å². The smallest absolute Gasteiger partial charge is 0.191 e. The number of halogens is 1. The van der Waals surface area contributed by atoms with E-state index in [0.29, 0.717) is 12.1 Å². The maximum atomic E-state index is 4.43. The number of unbranched alkanes of at least 4 members (excludes halogenated alkanes) is 1. The van der Waals surface area contributed by atoms with Crippen molar-refractivity contribution in [2.24, 2.45) is 4.99 Å². The molecule has 1 unspecified atom stereocenters. The fourth-order valence-corrected chi connectivity index (χ4v) is 3.61. The van der Waals surface area contributed by atoms with Crippen molar-refractivity contribution in [1.82, 2.24) is 25.3 Å². The summed E-state index contributed by atoms with van der Waals surface area (Å²) in [5.41, 5.74) is 0. The van der Waals surface area contributed by atoms with Gasteiger partial charge in [0, 0.05) is 58.4 Å². The van der Waals surface area contributed by atoms with E-state index in [1.165, 1.54) is 45.3 Å². The van der Waals surface area contributed by atoms with Gasteiger partial charge in [0.15, 0.2) is 5.96 Å². The number of nitrogens with zero attached hydrogens (tertiary/aromatic N) is 4. The van der Waals surface area contributed by atoms with Gasteiger partial charge in [0.2, 0.25) is 0 Å². The molecular weight excluding hydrogens is 427 g/mol. The monoisotopic (exact) mass is 466 g/mol. The lowest BCUT2D eigenvalue weighted by atomic mass is 10.0. The Hall–Kier alpha value is -0.120. The third-order valence-electron chi connectivity index (χ3n) is 5.47. The van der Waals surface area contributed by atoms with Crippen molar-refractivity contribution in [3.05, 3.63) is 0 Å². The predicted molar refractivity (Wildman–Crippen MR) is 118 cm³/mol. The molecule has 0 amide bonds. The van der Waals surface area contributed by atoms with E-state index in [4.69, 9.17) is 0 Å². The van der Waals surface area contributed by atoms with Crippen LogP contribution >= 0.6 is 24.0 Å². The fourth-order valence-electron chi connectivity index (χ4n) is 3.61. The lowest BCUT2D eigenvalue weighted by Gasteiger charge is -2.38. The SMILES string of the molecule is CCCCN1CCC(NC(=NC)NCC2CN(C)CCN2C)CC1.I. The van der Waals surface area contributed by atoms with Crippen LogP contribution in [-0.4, -0.2) is 99.7 Å². The van der Waals surface area contributed by atoms with Gasteiger partial charge in [0.05, 0.1) is 0 Å². The van der Waals surface area contributed by atoms with Crippen LogP contribution in [0.1, 0.15) is 32.6 Å². The zero-order valence-corrected chi connectivity index (χ0v) is 19.0. The van der Waals surface area contributed by atoms with Crippen LogP contribution in [-0.2, 0) is 0 Å². The topological polar surface area (TPSA) is 46.1 Å². The van der Waals surface area contributed by atoms with E-state index in [1.807, 2.05) is 7.05 Å². The minimum absolute atomic E-state index is 0. The van der Waals surface area contributed by atoms with Crippen LogP contribution in [0.2, 0.25) is 0 Å². The van der Waals surface area contributed by atoms with Gasteiger partial charge in [-0.2, -0.15) is 0 Å². The molecule has 2 fully saturated rings. The van der Waals surface area contributed by atoms with Crippen molar-refractivity contribution in [3.63, 3.8) is 0 Å². The van der Waals surface area contributed by atoms with Gasteiger partial charge in [-0.3, -0.25) is 9.89 Å². The Morgan fingerprint density at radius 2 is 1.84 bits per heavy atom. The minimum Gasteiger partial charge on any atom is -0.355 e. The van der Waals surface area contributed by atoms with Gasteiger partial charge in [-0.05, 0) is 39.9 Å². The van der Waals surface area contributed by atoms with E-state index in [9.17, 15) is 0 Å². The molecule has 0 bridgehead atoms. The summed E-state index contributed by atoms with van der Waals surface area (Å²) in [5, 5.41) is 7.17. The Labute approximate surface area is 171 Å². The van der Waals surface area contributed by atoms with Crippen LogP contribution in [0.3, 0.4) is 0 Å². The number of nitrogens with one attached hydrogen (secondary N) is 2. The second-order valence-electron chi connectivity index (χ2n) is 7.46. The molecule has 2 aliphatic heterocycles. The first-order valence-corrected chi connectivity index (χ1v) is 9.70. The summed E-state index contributed by atoms with van der Waals surface area (Å²) in [6, 6.07) is 1.11. The van der Waals surface area contributed by atoms with Gasteiger partial charge < -0.3 is 20.4 Å². The molecule has 0 saturated carbocycles. The highest BCUT2D eigenvalue weighted by molar-refractivity contribution is 14.0. The highest BCUT2D eigenvalue weighted by Gasteiger charge is 2.23. The number of piperidine rings is 1. The van der Waals surface area contributed by atoms with E-state index >= 15 is 0 Å². The average Bonchev–Trinajstić information content (AvgIpc) is 2.60. The third-order valence-corrected chi connectivity index (χ3v) is 5.47. The minimum atomic E-state index is 0. The van der Waals surface area contributed by atoms with Crippen molar-refractivity contribution < 1.29 is 0 Å². The van der Waals surface area contributed by atoms with E-state index in [2.05, 4.69) is 51.3 Å². The van der Waals surface area contributed by atoms with Gasteiger partial charge in [-0.1, -0.05) is 13.3 Å². The summed E-state index contributed by atoms with van der Waals surface area (Å²) in [6.07, 6.45) is 5.05. The molecule has 0 radical (unpaired) electrons. The average molecular weight is 466 g/mol. The van der Waals surface area contributed by atoms with Crippen LogP contribution in [0.25, 0.3) is 0 Å². The first-order chi connectivity index (χ1) is 11.6. The molecule has 0 aromatic heterocycles. The second kappa shape index (κ2) is 12.3. The molecule has 0 aliphatic carbocycles. The van der Waals surface area contributed by atoms with Crippen molar-refractivity contribution in [2.45, 2.75) is 44.7 Å². The number of likely N-dealkylation sites (tertiary alicyclic amines) is 1.